The number of nitrogens with one attached hydrogen (secondary N) is 1. The third-order valence-corrected chi connectivity index (χ3v) is 4.94. The van der Waals surface area contributed by atoms with Crippen molar-refractivity contribution in [1.29, 1.82) is 0 Å². The highest BCUT2D eigenvalue weighted by Gasteiger charge is 2.40. The van der Waals surface area contributed by atoms with Crippen LogP contribution in [0.1, 0.15) is 57.6 Å². The first kappa shape index (κ1) is 14.8. The average molecular weight is 289 g/mol. The number of rotatable bonds is 5. The van der Waals surface area contributed by atoms with E-state index in [4.69, 9.17) is 4.98 Å². The first-order chi connectivity index (χ1) is 10.2. The van der Waals surface area contributed by atoms with E-state index in [1.165, 1.54) is 18.4 Å². The molecule has 2 N–H and O–H groups in total. The predicted molar refractivity (Wildman–Crippen MR) is 85.5 cm³/mol. The molecule has 2 saturated heterocycles. The highest BCUT2D eigenvalue weighted by atomic mass is 16.3. The van der Waals surface area contributed by atoms with E-state index in [0.29, 0.717) is 18.1 Å². The zero-order valence-electron chi connectivity index (χ0n) is 13.1. The fourth-order valence-corrected chi connectivity index (χ4v) is 3.81. The van der Waals surface area contributed by atoms with Crippen molar-refractivity contribution in [3.63, 3.8) is 0 Å². The summed E-state index contributed by atoms with van der Waals surface area (Å²) in [4.78, 5) is 7.15. The lowest BCUT2D eigenvalue weighted by atomic mass is 10.00. The minimum Gasteiger partial charge on any atom is -0.393 e. The number of anilines is 1. The Morgan fingerprint density at radius 3 is 2.62 bits per heavy atom. The van der Waals surface area contributed by atoms with Crippen molar-refractivity contribution in [3.05, 3.63) is 23.9 Å². The minimum atomic E-state index is -0.115. The van der Waals surface area contributed by atoms with Crippen LogP contribution in [0.2, 0.25) is 0 Å². The third-order valence-electron chi connectivity index (χ3n) is 4.94. The molecule has 1 aromatic rings. The van der Waals surface area contributed by atoms with Crippen molar-refractivity contribution in [2.45, 2.75) is 70.2 Å². The van der Waals surface area contributed by atoms with Crippen LogP contribution < -0.4 is 10.2 Å². The molecule has 4 heteroatoms. The lowest BCUT2D eigenvalue weighted by molar-refractivity contribution is 0.126. The zero-order valence-corrected chi connectivity index (χ0v) is 13.1. The quantitative estimate of drug-likeness (QED) is 0.875. The van der Waals surface area contributed by atoms with Crippen LogP contribution in [0.25, 0.3) is 0 Å². The molecule has 3 heterocycles. The number of nitrogens with zero attached hydrogens (tertiary/aromatic N) is 2. The van der Waals surface area contributed by atoms with Gasteiger partial charge in [0.15, 0.2) is 0 Å². The smallest absolute Gasteiger partial charge is 0.128 e. The maximum atomic E-state index is 9.90. The van der Waals surface area contributed by atoms with Gasteiger partial charge in [-0.3, -0.25) is 0 Å². The third kappa shape index (κ3) is 3.06. The summed E-state index contributed by atoms with van der Waals surface area (Å²) in [5.74, 6) is 1.08. The molecule has 0 radical (unpaired) electrons. The molecule has 2 bridgehead atoms. The van der Waals surface area contributed by atoms with Crippen LogP contribution in [-0.4, -0.2) is 34.8 Å². The Bertz CT molecular complexity index is 448. The molecule has 4 nitrogen and oxygen atoms in total. The van der Waals surface area contributed by atoms with E-state index < -0.39 is 0 Å². The Kier molecular flexibility index (Phi) is 4.45. The SMILES string of the molecule is CCCNC(C)c1ccc(N2C3CCC2CC(O)C3)nc1. The molecule has 3 unspecified atom stereocenters. The molecule has 0 aliphatic carbocycles. The maximum Gasteiger partial charge on any atom is 0.128 e. The van der Waals surface area contributed by atoms with Crippen molar-refractivity contribution in [2.24, 2.45) is 0 Å². The van der Waals surface area contributed by atoms with Crippen LogP contribution in [0, 0.1) is 0 Å². The molecule has 0 aromatic carbocycles. The highest BCUT2D eigenvalue weighted by molar-refractivity contribution is 5.45. The molecular weight excluding hydrogens is 262 g/mol. The van der Waals surface area contributed by atoms with E-state index in [1.54, 1.807) is 0 Å². The Hall–Kier alpha value is -1.13. The molecule has 3 atom stereocenters. The molecular formula is C17H27N3O. The largest absolute Gasteiger partial charge is 0.393 e. The van der Waals surface area contributed by atoms with Crippen molar-refractivity contribution in [3.8, 4) is 0 Å². The van der Waals surface area contributed by atoms with Gasteiger partial charge in [0, 0.05) is 24.3 Å². The Balaban J connectivity index is 1.70. The maximum absolute atomic E-state index is 9.90. The second-order valence-corrected chi connectivity index (χ2v) is 6.54. The molecule has 1 aromatic heterocycles. The number of hydrogen-bond donors (Lipinski definition) is 2. The summed E-state index contributed by atoms with van der Waals surface area (Å²) in [7, 11) is 0. The number of aliphatic hydroxyl groups excluding tert-OH is 1. The number of aromatic nitrogens is 1. The van der Waals surface area contributed by atoms with Crippen LogP contribution in [0.3, 0.4) is 0 Å². The van der Waals surface area contributed by atoms with Gasteiger partial charge >= 0.3 is 0 Å². The molecule has 3 rings (SSSR count). The first-order valence-corrected chi connectivity index (χ1v) is 8.34. The second-order valence-electron chi connectivity index (χ2n) is 6.54. The van der Waals surface area contributed by atoms with Gasteiger partial charge in [-0.05, 0) is 57.2 Å². The summed E-state index contributed by atoms with van der Waals surface area (Å²) in [6, 6.07) is 5.66. The second kappa shape index (κ2) is 6.32. The number of aliphatic hydroxyl groups is 1. The van der Waals surface area contributed by atoms with Gasteiger partial charge in [-0.1, -0.05) is 13.0 Å². The lowest BCUT2D eigenvalue weighted by Crippen LogP contribution is -2.45. The number of pyridine rings is 1. The van der Waals surface area contributed by atoms with Crippen molar-refractivity contribution >= 4 is 5.82 Å². The molecule has 21 heavy (non-hydrogen) atoms. The average Bonchev–Trinajstić information content (AvgIpc) is 2.77. The number of hydrogen-bond acceptors (Lipinski definition) is 4. The fraction of sp³-hybridized carbons (Fsp3) is 0.706. The summed E-state index contributed by atoms with van der Waals surface area (Å²) in [6.07, 6.45) is 7.22. The van der Waals surface area contributed by atoms with Crippen LogP contribution in [0.5, 0.6) is 0 Å². The van der Waals surface area contributed by atoms with Gasteiger partial charge in [0.25, 0.3) is 0 Å². The lowest BCUT2D eigenvalue weighted by Gasteiger charge is -2.38. The van der Waals surface area contributed by atoms with E-state index in [1.807, 2.05) is 6.20 Å². The summed E-state index contributed by atoms with van der Waals surface area (Å²) in [6.45, 7) is 5.41. The monoisotopic (exact) mass is 289 g/mol. The Morgan fingerprint density at radius 1 is 1.33 bits per heavy atom. The van der Waals surface area contributed by atoms with Crippen LogP contribution in [-0.2, 0) is 0 Å². The standard InChI is InChI=1S/C17H27N3O/c1-3-8-18-12(2)13-4-7-17(19-11-13)20-14-5-6-15(20)10-16(21)9-14/h4,7,11-12,14-16,18,21H,3,5-6,8-10H2,1-2H3. The van der Waals surface area contributed by atoms with Gasteiger partial charge in [-0.2, -0.15) is 0 Å². The molecule has 0 saturated carbocycles. The zero-order chi connectivity index (χ0) is 14.8. The van der Waals surface area contributed by atoms with Crippen LogP contribution in [0.4, 0.5) is 5.82 Å². The normalized spacial score (nSPS) is 29.7. The van der Waals surface area contributed by atoms with Gasteiger partial charge < -0.3 is 15.3 Å². The van der Waals surface area contributed by atoms with Crippen molar-refractivity contribution < 1.29 is 5.11 Å². The number of piperidine rings is 1. The van der Waals surface area contributed by atoms with Gasteiger partial charge in [0.2, 0.25) is 0 Å². The summed E-state index contributed by atoms with van der Waals surface area (Å²) in [5.41, 5.74) is 1.25. The van der Waals surface area contributed by atoms with Gasteiger partial charge in [0.05, 0.1) is 6.10 Å². The van der Waals surface area contributed by atoms with E-state index in [2.05, 4.69) is 36.2 Å². The van der Waals surface area contributed by atoms with E-state index in [9.17, 15) is 5.11 Å². The van der Waals surface area contributed by atoms with Gasteiger partial charge in [-0.15, -0.1) is 0 Å². The van der Waals surface area contributed by atoms with E-state index >= 15 is 0 Å². The molecule has 2 aliphatic heterocycles. The van der Waals surface area contributed by atoms with Gasteiger partial charge in [0.1, 0.15) is 5.82 Å². The summed E-state index contributed by atoms with van der Waals surface area (Å²) in [5, 5.41) is 13.4. The Labute approximate surface area is 127 Å². The molecule has 2 fully saturated rings. The van der Waals surface area contributed by atoms with Gasteiger partial charge in [-0.25, -0.2) is 4.98 Å². The molecule has 2 aliphatic rings. The van der Waals surface area contributed by atoms with Crippen LogP contribution >= 0.6 is 0 Å². The highest BCUT2D eigenvalue weighted by Crippen LogP contribution is 2.38. The fourth-order valence-electron chi connectivity index (χ4n) is 3.81. The van der Waals surface area contributed by atoms with Crippen LogP contribution in [0.15, 0.2) is 18.3 Å². The number of fused-ring (bicyclic) bond motifs is 2. The van der Waals surface area contributed by atoms with E-state index in [-0.39, 0.29) is 6.10 Å². The minimum absolute atomic E-state index is 0.115. The van der Waals surface area contributed by atoms with E-state index in [0.717, 1.165) is 31.6 Å². The summed E-state index contributed by atoms with van der Waals surface area (Å²) < 4.78 is 0. The molecule has 0 amide bonds. The molecule has 0 spiro atoms. The summed E-state index contributed by atoms with van der Waals surface area (Å²) >= 11 is 0. The topological polar surface area (TPSA) is 48.4 Å². The Morgan fingerprint density at radius 2 is 2.05 bits per heavy atom. The van der Waals surface area contributed by atoms with Crippen molar-refractivity contribution in [1.82, 2.24) is 10.3 Å². The predicted octanol–water partition coefficient (Wildman–Crippen LogP) is 2.63. The molecule has 116 valence electrons. The van der Waals surface area contributed by atoms with Crippen molar-refractivity contribution in [2.75, 3.05) is 11.4 Å². The first-order valence-electron chi connectivity index (χ1n) is 8.34.